The minimum Gasteiger partial charge on any atom is -0.493 e. The molecule has 0 saturated heterocycles. The van der Waals surface area contributed by atoms with Crippen molar-refractivity contribution in [3.8, 4) is 5.75 Å². The maximum atomic E-state index is 6.34. The molecule has 0 aromatic heterocycles. The lowest BCUT2D eigenvalue weighted by atomic mass is 10.0. The first-order valence-electron chi connectivity index (χ1n) is 6.82. The van der Waals surface area contributed by atoms with Gasteiger partial charge in [0.1, 0.15) is 5.75 Å². The summed E-state index contributed by atoms with van der Waals surface area (Å²) in [4.78, 5) is 0. The molecule has 1 fully saturated rings. The Morgan fingerprint density at radius 2 is 2.17 bits per heavy atom. The Morgan fingerprint density at radius 3 is 2.94 bits per heavy atom. The first kappa shape index (κ1) is 12.6. The number of halogens is 2. The molecule has 0 amide bonds. The van der Waals surface area contributed by atoms with Crippen molar-refractivity contribution >= 4 is 23.2 Å². The molecule has 0 spiro atoms. The van der Waals surface area contributed by atoms with Gasteiger partial charge in [-0.05, 0) is 61.3 Å². The second-order valence-corrected chi connectivity index (χ2v) is 6.39. The van der Waals surface area contributed by atoms with Gasteiger partial charge in [0.15, 0.2) is 0 Å². The van der Waals surface area contributed by atoms with Crippen LogP contribution in [0.1, 0.15) is 36.8 Å². The SMILES string of the molecule is Clc1cc(CCCC(Cl)C2CC2)c2c(c1)CCO2. The van der Waals surface area contributed by atoms with Crippen LogP contribution in [0, 0.1) is 5.92 Å². The van der Waals surface area contributed by atoms with Crippen LogP contribution < -0.4 is 4.74 Å². The fraction of sp³-hybridized carbons (Fsp3) is 0.600. The molecule has 1 aromatic rings. The van der Waals surface area contributed by atoms with Gasteiger partial charge in [-0.1, -0.05) is 11.6 Å². The van der Waals surface area contributed by atoms with Gasteiger partial charge in [-0.3, -0.25) is 0 Å². The summed E-state index contributed by atoms with van der Waals surface area (Å²) in [5.41, 5.74) is 2.52. The number of rotatable bonds is 5. The molecule has 1 aromatic carbocycles. The van der Waals surface area contributed by atoms with Crippen molar-refractivity contribution in [1.82, 2.24) is 0 Å². The molecule has 3 heteroatoms. The van der Waals surface area contributed by atoms with Crippen LogP contribution in [-0.4, -0.2) is 12.0 Å². The Balaban J connectivity index is 1.61. The number of hydrogen-bond acceptors (Lipinski definition) is 1. The maximum absolute atomic E-state index is 6.34. The normalized spacial score (nSPS) is 19.4. The van der Waals surface area contributed by atoms with E-state index in [1.165, 1.54) is 24.0 Å². The lowest BCUT2D eigenvalue weighted by Crippen LogP contribution is -2.02. The summed E-state index contributed by atoms with van der Waals surface area (Å²) >= 11 is 12.5. The van der Waals surface area contributed by atoms with Crippen molar-refractivity contribution < 1.29 is 4.74 Å². The maximum Gasteiger partial charge on any atom is 0.125 e. The molecule has 2 aliphatic rings. The van der Waals surface area contributed by atoms with E-state index in [-0.39, 0.29) is 0 Å². The van der Waals surface area contributed by atoms with Gasteiger partial charge < -0.3 is 4.74 Å². The fourth-order valence-corrected chi connectivity index (χ4v) is 3.38. The molecule has 1 saturated carbocycles. The van der Waals surface area contributed by atoms with E-state index in [4.69, 9.17) is 27.9 Å². The van der Waals surface area contributed by atoms with Crippen molar-refractivity contribution in [1.29, 1.82) is 0 Å². The third-order valence-corrected chi connectivity index (χ3v) is 4.68. The predicted molar refractivity (Wildman–Crippen MR) is 76.0 cm³/mol. The Hall–Kier alpha value is -0.400. The molecule has 3 rings (SSSR count). The van der Waals surface area contributed by atoms with E-state index < -0.39 is 0 Å². The van der Waals surface area contributed by atoms with Crippen LogP contribution in [0.5, 0.6) is 5.75 Å². The van der Waals surface area contributed by atoms with Crippen molar-refractivity contribution in [2.75, 3.05) is 6.61 Å². The molecule has 98 valence electrons. The predicted octanol–water partition coefficient (Wildman–Crippen LogP) is 4.62. The van der Waals surface area contributed by atoms with E-state index >= 15 is 0 Å². The topological polar surface area (TPSA) is 9.23 Å². The molecule has 1 unspecified atom stereocenters. The van der Waals surface area contributed by atoms with Gasteiger partial charge in [-0.25, -0.2) is 0 Å². The molecule has 0 bridgehead atoms. The summed E-state index contributed by atoms with van der Waals surface area (Å²) in [6.45, 7) is 0.795. The van der Waals surface area contributed by atoms with Crippen LogP contribution in [-0.2, 0) is 12.8 Å². The van der Waals surface area contributed by atoms with Crippen molar-refractivity contribution in [3.05, 3.63) is 28.3 Å². The Bertz CT molecular complexity index is 440. The zero-order chi connectivity index (χ0) is 12.5. The quantitative estimate of drug-likeness (QED) is 0.717. The monoisotopic (exact) mass is 284 g/mol. The number of ether oxygens (including phenoxy) is 1. The molecule has 1 nitrogen and oxygen atoms in total. The Kier molecular flexibility index (Phi) is 3.72. The van der Waals surface area contributed by atoms with Crippen LogP contribution in [0.4, 0.5) is 0 Å². The Labute approximate surface area is 118 Å². The summed E-state index contributed by atoms with van der Waals surface area (Å²) in [7, 11) is 0. The second kappa shape index (κ2) is 5.30. The van der Waals surface area contributed by atoms with E-state index in [9.17, 15) is 0 Å². The molecule has 1 heterocycles. The lowest BCUT2D eigenvalue weighted by Gasteiger charge is -2.11. The average molecular weight is 285 g/mol. The zero-order valence-electron chi connectivity index (χ0n) is 10.4. The van der Waals surface area contributed by atoms with Crippen molar-refractivity contribution in [3.63, 3.8) is 0 Å². The van der Waals surface area contributed by atoms with Gasteiger partial charge in [-0.15, -0.1) is 11.6 Å². The molecule has 1 aliphatic heterocycles. The van der Waals surface area contributed by atoms with Crippen molar-refractivity contribution in [2.24, 2.45) is 5.92 Å². The third-order valence-electron chi connectivity index (χ3n) is 3.88. The standard InChI is InChI=1S/C15H18Cl2O/c16-13-8-11(15-12(9-13)6-7-18-15)2-1-3-14(17)10-4-5-10/h8-10,14H,1-7H2. The van der Waals surface area contributed by atoms with Crippen LogP contribution in [0.25, 0.3) is 0 Å². The highest BCUT2D eigenvalue weighted by atomic mass is 35.5. The number of hydrogen-bond donors (Lipinski definition) is 0. The number of alkyl halides is 1. The van der Waals surface area contributed by atoms with E-state index in [1.807, 2.05) is 12.1 Å². The largest absolute Gasteiger partial charge is 0.493 e. The summed E-state index contributed by atoms with van der Waals surface area (Å²) in [6, 6.07) is 4.08. The fourth-order valence-electron chi connectivity index (χ4n) is 2.71. The van der Waals surface area contributed by atoms with Crippen LogP contribution >= 0.6 is 23.2 Å². The molecule has 1 atom stereocenters. The minimum atomic E-state index is 0.373. The third kappa shape index (κ3) is 2.78. The molecule has 1 aliphatic carbocycles. The molecule has 18 heavy (non-hydrogen) atoms. The van der Waals surface area contributed by atoms with E-state index in [1.54, 1.807) is 0 Å². The van der Waals surface area contributed by atoms with Crippen molar-refractivity contribution in [2.45, 2.75) is 43.9 Å². The minimum absolute atomic E-state index is 0.373. The first-order valence-corrected chi connectivity index (χ1v) is 7.63. The molecule has 0 N–H and O–H groups in total. The summed E-state index contributed by atoms with van der Waals surface area (Å²) in [5.74, 6) is 1.87. The van der Waals surface area contributed by atoms with E-state index in [0.29, 0.717) is 5.38 Å². The zero-order valence-corrected chi connectivity index (χ0v) is 11.9. The number of benzene rings is 1. The van der Waals surface area contributed by atoms with Gasteiger partial charge in [-0.2, -0.15) is 0 Å². The van der Waals surface area contributed by atoms with Crippen LogP contribution in [0.2, 0.25) is 5.02 Å². The molecular formula is C15H18Cl2O. The summed E-state index contributed by atoms with van der Waals surface area (Å²) in [5, 5.41) is 1.21. The number of fused-ring (bicyclic) bond motifs is 1. The van der Waals surface area contributed by atoms with Gasteiger partial charge in [0.25, 0.3) is 0 Å². The van der Waals surface area contributed by atoms with Crippen LogP contribution in [0.3, 0.4) is 0 Å². The van der Waals surface area contributed by atoms with Gasteiger partial charge in [0.2, 0.25) is 0 Å². The highest BCUT2D eigenvalue weighted by Gasteiger charge is 2.29. The summed E-state index contributed by atoms with van der Waals surface area (Å²) in [6.07, 6.45) is 6.89. The second-order valence-electron chi connectivity index (χ2n) is 5.40. The lowest BCUT2D eigenvalue weighted by molar-refractivity contribution is 0.353. The first-order chi connectivity index (χ1) is 8.74. The Morgan fingerprint density at radius 1 is 1.33 bits per heavy atom. The smallest absolute Gasteiger partial charge is 0.125 e. The van der Waals surface area contributed by atoms with E-state index in [0.717, 1.165) is 49.0 Å². The van der Waals surface area contributed by atoms with Gasteiger partial charge >= 0.3 is 0 Å². The highest BCUT2D eigenvalue weighted by Crippen LogP contribution is 2.38. The van der Waals surface area contributed by atoms with E-state index in [2.05, 4.69) is 0 Å². The average Bonchev–Trinajstić information content (AvgIpc) is 3.08. The van der Waals surface area contributed by atoms with Gasteiger partial charge in [0, 0.05) is 16.8 Å². The molecule has 0 radical (unpaired) electrons. The molecular weight excluding hydrogens is 267 g/mol. The van der Waals surface area contributed by atoms with Crippen LogP contribution in [0.15, 0.2) is 12.1 Å². The highest BCUT2D eigenvalue weighted by molar-refractivity contribution is 6.30. The number of aryl methyl sites for hydroxylation is 1. The van der Waals surface area contributed by atoms with Gasteiger partial charge in [0.05, 0.1) is 6.61 Å². The summed E-state index contributed by atoms with van der Waals surface area (Å²) < 4.78 is 5.71.